The van der Waals surface area contributed by atoms with Gasteiger partial charge in [-0.05, 0) is 44.0 Å². The van der Waals surface area contributed by atoms with Gasteiger partial charge in [0.1, 0.15) is 12.4 Å². The second kappa shape index (κ2) is 8.89. The summed E-state index contributed by atoms with van der Waals surface area (Å²) in [6.45, 7) is 8.10. The summed E-state index contributed by atoms with van der Waals surface area (Å²) in [7, 11) is 1.84. The molecule has 1 saturated heterocycles. The van der Waals surface area contributed by atoms with Crippen molar-refractivity contribution in [3.05, 3.63) is 29.8 Å². The first-order valence-electron chi connectivity index (χ1n) is 8.76. The third kappa shape index (κ3) is 4.61. The van der Waals surface area contributed by atoms with E-state index in [-0.39, 0.29) is 18.1 Å². The van der Waals surface area contributed by atoms with Gasteiger partial charge in [-0.2, -0.15) is 0 Å². The lowest BCUT2D eigenvalue weighted by atomic mass is 10.0. The van der Waals surface area contributed by atoms with Crippen molar-refractivity contribution in [2.45, 2.75) is 45.2 Å². The third-order valence-electron chi connectivity index (χ3n) is 4.43. The molecular formula is C18H30N4O2. The average Bonchev–Trinajstić information content (AvgIpc) is 2.97. The minimum absolute atomic E-state index is 0.00576. The van der Waals surface area contributed by atoms with Crippen molar-refractivity contribution in [3.8, 4) is 5.75 Å². The number of carbonyl (C=O) groups excluding carboxylic acids is 1. The van der Waals surface area contributed by atoms with E-state index in [1.165, 1.54) is 5.56 Å². The molecule has 0 aliphatic carbocycles. The molecule has 2 unspecified atom stereocenters. The molecule has 1 aliphatic heterocycles. The standard InChI is InChI=1S/C18H30N4O2/c1-5-20-18(23)22-11-10-16(21-19-4)17(22)12-24-15-8-6-14(7-9-15)13(2)3/h6-9,13,16-17,19,21H,5,10-12H2,1-4H3,(H,20,23). The number of hydrogen-bond donors (Lipinski definition) is 3. The monoisotopic (exact) mass is 334 g/mol. The maximum Gasteiger partial charge on any atom is 0.317 e. The van der Waals surface area contributed by atoms with Gasteiger partial charge in [-0.3, -0.25) is 10.9 Å². The van der Waals surface area contributed by atoms with E-state index in [0.717, 1.165) is 18.7 Å². The van der Waals surface area contributed by atoms with Crippen molar-refractivity contribution in [3.63, 3.8) is 0 Å². The van der Waals surface area contributed by atoms with Crippen LogP contribution in [-0.4, -0.2) is 49.8 Å². The molecule has 1 aliphatic rings. The van der Waals surface area contributed by atoms with E-state index >= 15 is 0 Å². The Hall–Kier alpha value is -1.79. The van der Waals surface area contributed by atoms with Crippen LogP contribution in [0.25, 0.3) is 0 Å². The number of rotatable bonds is 7. The first-order valence-corrected chi connectivity index (χ1v) is 8.76. The first-order chi connectivity index (χ1) is 11.6. The zero-order chi connectivity index (χ0) is 17.5. The average molecular weight is 334 g/mol. The summed E-state index contributed by atoms with van der Waals surface area (Å²) >= 11 is 0. The molecule has 1 aromatic rings. The van der Waals surface area contributed by atoms with Crippen molar-refractivity contribution in [2.24, 2.45) is 0 Å². The summed E-state index contributed by atoms with van der Waals surface area (Å²) in [5.74, 6) is 1.34. The van der Waals surface area contributed by atoms with E-state index in [1.807, 2.05) is 31.0 Å². The number of likely N-dealkylation sites (tertiary alicyclic amines) is 1. The summed E-state index contributed by atoms with van der Waals surface area (Å²) in [6, 6.07) is 8.34. The zero-order valence-corrected chi connectivity index (χ0v) is 15.1. The fourth-order valence-corrected chi connectivity index (χ4v) is 3.05. The van der Waals surface area contributed by atoms with Crippen LogP contribution in [0.2, 0.25) is 0 Å². The number of nitrogens with zero attached hydrogens (tertiary/aromatic N) is 1. The molecule has 3 N–H and O–H groups in total. The maximum atomic E-state index is 12.2. The van der Waals surface area contributed by atoms with Gasteiger partial charge in [-0.15, -0.1) is 0 Å². The van der Waals surface area contributed by atoms with E-state index in [9.17, 15) is 4.79 Å². The summed E-state index contributed by atoms with van der Waals surface area (Å²) in [4.78, 5) is 14.1. The van der Waals surface area contributed by atoms with Crippen LogP contribution in [0.5, 0.6) is 5.75 Å². The number of urea groups is 1. The second-order valence-electron chi connectivity index (χ2n) is 6.42. The molecule has 6 heteroatoms. The zero-order valence-electron chi connectivity index (χ0n) is 15.1. The van der Waals surface area contributed by atoms with E-state index in [0.29, 0.717) is 19.1 Å². The van der Waals surface area contributed by atoms with Crippen LogP contribution in [0, 0.1) is 0 Å². The number of amides is 2. The van der Waals surface area contributed by atoms with Gasteiger partial charge in [0.05, 0.1) is 6.04 Å². The summed E-state index contributed by atoms with van der Waals surface area (Å²) in [5, 5.41) is 2.88. The summed E-state index contributed by atoms with van der Waals surface area (Å²) < 4.78 is 5.97. The highest BCUT2D eigenvalue weighted by Gasteiger charge is 2.37. The molecule has 2 amide bonds. The van der Waals surface area contributed by atoms with E-state index in [4.69, 9.17) is 4.74 Å². The highest BCUT2D eigenvalue weighted by Crippen LogP contribution is 2.22. The number of benzene rings is 1. The fraction of sp³-hybridized carbons (Fsp3) is 0.611. The molecule has 0 spiro atoms. The van der Waals surface area contributed by atoms with Crippen LogP contribution in [-0.2, 0) is 0 Å². The van der Waals surface area contributed by atoms with Gasteiger partial charge in [0, 0.05) is 19.1 Å². The number of ether oxygens (including phenoxy) is 1. The quantitative estimate of drug-likeness (QED) is 0.668. The molecule has 6 nitrogen and oxygen atoms in total. The molecular weight excluding hydrogens is 304 g/mol. The summed E-state index contributed by atoms with van der Waals surface area (Å²) in [5.41, 5.74) is 7.51. The Morgan fingerprint density at radius 1 is 1.33 bits per heavy atom. The number of hydrogen-bond acceptors (Lipinski definition) is 4. The Kier molecular flexibility index (Phi) is 6.87. The van der Waals surface area contributed by atoms with Gasteiger partial charge in [0.15, 0.2) is 0 Å². The van der Waals surface area contributed by atoms with Crippen LogP contribution in [0.4, 0.5) is 4.79 Å². The molecule has 134 valence electrons. The largest absolute Gasteiger partial charge is 0.491 e. The van der Waals surface area contributed by atoms with Crippen LogP contribution < -0.4 is 20.9 Å². The van der Waals surface area contributed by atoms with Crippen molar-refractivity contribution in [1.29, 1.82) is 0 Å². The maximum absolute atomic E-state index is 12.2. The molecule has 0 radical (unpaired) electrons. The summed E-state index contributed by atoms with van der Waals surface area (Å²) in [6.07, 6.45) is 0.901. The predicted molar refractivity (Wildman–Crippen MR) is 96.2 cm³/mol. The second-order valence-corrected chi connectivity index (χ2v) is 6.42. The lowest BCUT2D eigenvalue weighted by Gasteiger charge is -2.28. The van der Waals surface area contributed by atoms with Gasteiger partial charge in [0.25, 0.3) is 0 Å². The normalized spacial score (nSPS) is 20.5. The number of carbonyl (C=O) groups is 1. The molecule has 0 bridgehead atoms. The molecule has 1 heterocycles. The van der Waals surface area contributed by atoms with Gasteiger partial charge < -0.3 is 15.0 Å². The smallest absolute Gasteiger partial charge is 0.317 e. The molecule has 1 fully saturated rings. The van der Waals surface area contributed by atoms with Crippen molar-refractivity contribution >= 4 is 6.03 Å². The molecule has 2 atom stereocenters. The van der Waals surface area contributed by atoms with Crippen molar-refractivity contribution < 1.29 is 9.53 Å². The Morgan fingerprint density at radius 3 is 2.62 bits per heavy atom. The highest BCUT2D eigenvalue weighted by atomic mass is 16.5. The Morgan fingerprint density at radius 2 is 2.04 bits per heavy atom. The molecule has 2 rings (SSSR count). The van der Waals surface area contributed by atoms with Gasteiger partial charge in [-0.1, -0.05) is 26.0 Å². The van der Waals surface area contributed by atoms with Crippen LogP contribution >= 0.6 is 0 Å². The van der Waals surface area contributed by atoms with Gasteiger partial charge >= 0.3 is 6.03 Å². The van der Waals surface area contributed by atoms with Crippen molar-refractivity contribution in [2.75, 3.05) is 26.7 Å². The van der Waals surface area contributed by atoms with Gasteiger partial charge in [-0.25, -0.2) is 4.79 Å². The Labute approximate surface area is 144 Å². The van der Waals surface area contributed by atoms with Gasteiger partial charge in [0.2, 0.25) is 0 Å². The van der Waals surface area contributed by atoms with E-state index in [1.54, 1.807) is 0 Å². The van der Waals surface area contributed by atoms with E-state index < -0.39 is 0 Å². The third-order valence-corrected chi connectivity index (χ3v) is 4.43. The molecule has 1 aromatic carbocycles. The van der Waals surface area contributed by atoms with Crippen molar-refractivity contribution in [1.82, 2.24) is 21.1 Å². The van der Waals surface area contributed by atoms with E-state index in [2.05, 4.69) is 42.1 Å². The predicted octanol–water partition coefficient (Wildman–Crippen LogP) is 2.09. The Bertz CT molecular complexity index is 518. The fourth-order valence-electron chi connectivity index (χ4n) is 3.05. The lowest BCUT2D eigenvalue weighted by molar-refractivity contribution is 0.154. The highest BCUT2D eigenvalue weighted by molar-refractivity contribution is 5.75. The molecule has 0 aromatic heterocycles. The lowest BCUT2D eigenvalue weighted by Crippen LogP contribution is -2.53. The molecule has 0 saturated carbocycles. The Balaban J connectivity index is 2.00. The molecule has 24 heavy (non-hydrogen) atoms. The topological polar surface area (TPSA) is 65.6 Å². The minimum atomic E-state index is -0.0262. The first kappa shape index (κ1) is 18.5. The number of hydrazine groups is 1. The minimum Gasteiger partial charge on any atom is -0.491 e. The number of nitrogens with one attached hydrogen (secondary N) is 3. The van der Waals surface area contributed by atoms with Crippen LogP contribution in [0.3, 0.4) is 0 Å². The van der Waals surface area contributed by atoms with Crippen LogP contribution in [0.15, 0.2) is 24.3 Å². The van der Waals surface area contributed by atoms with Crippen LogP contribution in [0.1, 0.15) is 38.7 Å². The SMILES string of the molecule is CCNC(=O)N1CCC(NNC)C1COc1ccc(C(C)C)cc1.